The molecule has 0 fully saturated rings. The average Bonchev–Trinajstić information content (AvgIpc) is 2.55. The maximum Gasteiger partial charge on any atom is 0.319 e. The third-order valence-corrected chi connectivity index (χ3v) is 3.63. The number of benzene rings is 2. The van der Waals surface area contributed by atoms with E-state index in [0.29, 0.717) is 5.02 Å². The fraction of sp³-hybridized carbons (Fsp3) is 0.0556. The number of urea groups is 1. The van der Waals surface area contributed by atoms with Crippen LogP contribution in [-0.2, 0) is 0 Å². The lowest BCUT2D eigenvalue weighted by atomic mass is 10.0. The molecule has 0 saturated heterocycles. The monoisotopic (exact) mass is 310 g/mol. The second-order valence-corrected chi connectivity index (χ2v) is 5.43. The fourth-order valence-electron chi connectivity index (χ4n) is 2.27. The van der Waals surface area contributed by atoms with Gasteiger partial charge in [0.15, 0.2) is 0 Å². The predicted molar refractivity (Wildman–Crippen MR) is 89.4 cm³/mol. The normalized spacial score (nSPS) is 17.8. The molecule has 4 heteroatoms. The molecule has 22 heavy (non-hydrogen) atoms. The van der Waals surface area contributed by atoms with Crippen molar-refractivity contribution in [2.24, 2.45) is 0 Å². The Morgan fingerprint density at radius 2 is 1.68 bits per heavy atom. The van der Waals surface area contributed by atoms with Crippen molar-refractivity contribution in [2.75, 3.05) is 0 Å². The Balaban J connectivity index is 1.81. The summed E-state index contributed by atoms with van der Waals surface area (Å²) in [5.74, 6) is 0. The van der Waals surface area contributed by atoms with Crippen molar-refractivity contribution in [2.45, 2.75) is 6.04 Å². The summed E-state index contributed by atoms with van der Waals surface area (Å²) in [6.45, 7) is 0. The molecule has 0 spiro atoms. The lowest BCUT2D eigenvalue weighted by Crippen LogP contribution is -2.40. The second-order valence-electron chi connectivity index (χ2n) is 4.99. The van der Waals surface area contributed by atoms with Crippen molar-refractivity contribution in [1.82, 2.24) is 10.6 Å². The molecule has 0 radical (unpaired) electrons. The van der Waals surface area contributed by atoms with E-state index in [4.69, 9.17) is 11.6 Å². The van der Waals surface area contributed by atoms with Gasteiger partial charge in [0, 0.05) is 10.7 Å². The number of carbonyl (C=O) groups excluding carboxylic acids is 1. The molecule has 0 bridgehead atoms. The molecule has 1 atom stereocenters. The molecule has 3 rings (SSSR count). The molecular formula is C18H15ClN2O. The number of nitrogens with one attached hydrogen (secondary N) is 2. The molecule has 1 heterocycles. The molecule has 1 aliphatic rings. The van der Waals surface area contributed by atoms with E-state index in [2.05, 4.69) is 10.6 Å². The molecule has 1 aliphatic heterocycles. The molecule has 0 aliphatic carbocycles. The first kappa shape index (κ1) is 14.4. The molecular weight excluding hydrogens is 296 g/mol. The minimum Gasteiger partial charge on any atom is -0.327 e. The summed E-state index contributed by atoms with van der Waals surface area (Å²) in [4.78, 5) is 11.8. The number of carbonyl (C=O) groups is 1. The quantitative estimate of drug-likeness (QED) is 0.872. The van der Waals surface area contributed by atoms with Crippen molar-refractivity contribution in [1.29, 1.82) is 0 Å². The molecule has 2 aromatic rings. The van der Waals surface area contributed by atoms with Crippen LogP contribution in [0.3, 0.4) is 0 Å². The van der Waals surface area contributed by atoms with Gasteiger partial charge in [0.25, 0.3) is 0 Å². The summed E-state index contributed by atoms with van der Waals surface area (Å²) in [6, 6.07) is 17.1. The molecule has 2 N–H and O–H groups in total. The highest BCUT2D eigenvalue weighted by molar-refractivity contribution is 6.30. The van der Waals surface area contributed by atoms with E-state index in [-0.39, 0.29) is 12.1 Å². The highest BCUT2D eigenvalue weighted by atomic mass is 35.5. The third kappa shape index (κ3) is 3.57. The van der Waals surface area contributed by atoms with Gasteiger partial charge in [-0.3, -0.25) is 0 Å². The van der Waals surface area contributed by atoms with Gasteiger partial charge in [-0.1, -0.05) is 60.1 Å². The van der Waals surface area contributed by atoms with Gasteiger partial charge in [-0.25, -0.2) is 4.79 Å². The zero-order chi connectivity index (χ0) is 15.4. The Morgan fingerprint density at radius 1 is 0.955 bits per heavy atom. The summed E-state index contributed by atoms with van der Waals surface area (Å²) >= 11 is 5.87. The Morgan fingerprint density at radius 3 is 2.41 bits per heavy atom. The van der Waals surface area contributed by atoms with E-state index >= 15 is 0 Å². The van der Waals surface area contributed by atoms with Crippen molar-refractivity contribution < 1.29 is 4.79 Å². The van der Waals surface area contributed by atoms with Gasteiger partial charge in [0.05, 0.1) is 6.04 Å². The maximum absolute atomic E-state index is 11.8. The summed E-state index contributed by atoms with van der Waals surface area (Å²) in [7, 11) is 0. The van der Waals surface area contributed by atoms with E-state index in [0.717, 1.165) is 16.8 Å². The van der Waals surface area contributed by atoms with Gasteiger partial charge in [-0.15, -0.1) is 0 Å². The first-order valence-electron chi connectivity index (χ1n) is 6.99. The van der Waals surface area contributed by atoms with Crippen LogP contribution in [0.25, 0.3) is 6.08 Å². The SMILES string of the molecule is O=C1NC(/C=C/c2ccc(Cl)cc2)=CC(c2ccccc2)N1. The lowest BCUT2D eigenvalue weighted by molar-refractivity contribution is 0.240. The average molecular weight is 311 g/mol. The molecule has 0 aromatic heterocycles. The van der Waals surface area contributed by atoms with Gasteiger partial charge in [-0.2, -0.15) is 0 Å². The number of hydrogen-bond donors (Lipinski definition) is 2. The maximum atomic E-state index is 11.8. The van der Waals surface area contributed by atoms with Crippen LogP contribution >= 0.6 is 11.6 Å². The third-order valence-electron chi connectivity index (χ3n) is 3.37. The van der Waals surface area contributed by atoms with Gasteiger partial charge >= 0.3 is 6.03 Å². The standard InChI is InChI=1S/C18H15ClN2O/c19-15-9-6-13(7-10-15)8-11-16-12-17(21-18(22)20-16)14-4-2-1-3-5-14/h1-12,17H,(H2,20,21,22)/b11-8+. The highest BCUT2D eigenvalue weighted by Crippen LogP contribution is 2.19. The van der Waals surface area contributed by atoms with E-state index in [1.807, 2.05) is 72.8 Å². The summed E-state index contributed by atoms with van der Waals surface area (Å²) in [5.41, 5.74) is 2.84. The van der Waals surface area contributed by atoms with Crippen LogP contribution in [0, 0.1) is 0 Å². The smallest absolute Gasteiger partial charge is 0.319 e. The van der Waals surface area contributed by atoms with Gasteiger partial charge in [0.1, 0.15) is 0 Å². The molecule has 1 unspecified atom stereocenters. The van der Waals surface area contributed by atoms with Crippen molar-refractivity contribution >= 4 is 23.7 Å². The van der Waals surface area contributed by atoms with Crippen LogP contribution in [-0.4, -0.2) is 6.03 Å². The minimum atomic E-state index is -0.202. The minimum absolute atomic E-state index is 0.125. The number of halogens is 1. The Labute approximate surface area is 134 Å². The summed E-state index contributed by atoms with van der Waals surface area (Å²) in [6.07, 6.45) is 5.82. The second kappa shape index (κ2) is 6.50. The summed E-state index contributed by atoms with van der Waals surface area (Å²) < 4.78 is 0. The van der Waals surface area contributed by atoms with Crippen LogP contribution < -0.4 is 10.6 Å². The number of amides is 2. The van der Waals surface area contributed by atoms with Crippen molar-refractivity contribution in [3.05, 3.63) is 88.6 Å². The highest BCUT2D eigenvalue weighted by Gasteiger charge is 2.17. The van der Waals surface area contributed by atoms with Crippen LogP contribution in [0.4, 0.5) is 4.79 Å². The first-order valence-corrected chi connectivity index (χ1v) is 7.36. The van der Waals surface area contributed by atoms with Crippen LogP contribution in [0.15, 0.2) is 72.4 Å². The van der Waals surface area contributed by atoms with E-state index < -0.39 is 0 Å². The largest absolute Gasteiger partial charge is 0.327 e. The number of allylic oxidation sites excluding steroid dienone is 1. The van der Waals surface area contributed by atoms with E-state index in [9.17, 15) is 4.79 Å². The number of hydrogen-bond acceptors (Lipinski definition) is 1. The zero-order valence-corrected chi connectivity index (χ0v) is 12.5. The van der Waals surface area contributed by atoms with Crippen LogP contribution in [0.1, 0.15) is 17.2 Å². The molecule has 2 amide bonds. The van der Waals surface area contributed by atoms with Crippen LogP contribution in [0.2, 0.25) is 5.02 Å². The number of rotatable bonds is 3. The Kier molecular flexibility index (Phi) is 4.26. The molecule has 0 saturated carbocycles. The van der Waals surface area contributed by atoms with Gasteiger partial charge in [0.2, 0.25) is 0 Å². The van der Waals surface area contributed by atoms with E-state index in [1.54, 1.807) is 0 Å². The fourth-order valence-corrected chi connectivity index (χ4v) is 2.39. The van der Waals surface area contributed by atoms with E-state index in [1.165, 1.54) is 0 Å². The molecule has 3 nitrogen and oxygen atoms in total. The first-order chi connectivity index (χ1) is 10.7. The molecule has 110 valence electrons. The van der Waals surface area contributed by atoms with Gasteiger partial charge < -0.3 is 10.6 Å². The van der Waals surface area contributed by atoms with Crippen molar-refractivity contribution in [3.8, 4) is 0 Å². The van der Waals surface area contributed by atoms with Crippen molar-refractivity contribution in [3.63, 3.8) is 0 Å². The zero-order valence-electron chi connectivity index (χ0n) is 11.8. The van der Waals surface area contributed by atoms with Gasteiger partial charge in [-0.05, 0) is 35.4 Å². The molecule has 2 aromatic carbocycles. The summed E-state index contributed by atoms with van der Waals surface area (Å²) in [5, 5.41) is 6.39. The van der Waals surface area contributed by atoms with Crippen LogP contribution in [0.5, 0.6) is 0 Å². The predicted octanol–water partition coefficient (Wildman–Crippen LogP) is 4.29. The Hall–Kier alpha value is -2.52. The Bertz CT molecular complexity index is 721. The topological polar surface area (TPSA) is 41.1 Å². The lowest BCUT2D eigenvalue weighted by Gasteiger charge is -2.22.